The van der Waals surface area contributed by atoms with E-state index in [0.29, 0.717) is 16.5 Å². The van der Waals surface area contributed by atoms with Crippen LogP contribution in [0.5, 0.6) is 0 Å². The lowest BCUT2D eigenvalue weighted by Gasteiger charge is -2.25. The second kappa shape index (κ2) is 7.57. The fourth-order valence-corrected chi connectivity index (χ4v) is 3.73. The van der Waals surface area contributed by atoms with Crippen molar-refractivity contribution in [1.82, 2.24) is 19.6 Å². The predicted octanol–water partition coefficient (Wildman–Crippen LogP) is 2.75. The number of thiazole rings is 1. The van der Waals surface area contributed by atoms with Crippen molar-refractivity contribution >= 4 is 33.8 Å². The number of hydrogen-bond donors (Lipinski definition) is 1. The van der Waals surface area contributed by atoms with Crippen molar-refractivity contribution in [3.05, 3.63) is 68.0 Å². The molecule has 3 aromatic rings. The Labute approximate surface area is 160 Å². The Balaban J connectivity index is 1.81. The highest BCUT2D eigenvalue weighted by molar-refractivity contribution is 7.16. The van der Waals surface area contributed by atoms with Gasteiger partial charge in [-0.1, -0.05) is 23.7 Å². The third-order valence-corrected chi connectivity index (χ3v) is 5.23. The molecule has 0 fully saturated rings. The zero-order chi connectivity index (χ0) is 18.8. The fraction of sp³-hybridized carbons (Fsp3) is 0.278. The molecule has 8 heteroatoms. The molecule has 6 nitrogen and oxygen atoms in total. The van der Waals surface area contributed by atoms with E-state index in [1.165, 1.54) is 21.9 Å². The molecule has 0 aliphatic heterocycles. The summed E-state index contributed by atoms with van der Waals surface area (Å²) < 4.78 is 1.41. The highest BCUT2D eigenvalue weighted by Crippen LogP contribution is 2.21. The third-order valence-electron chi connectivity index (χ3n) is 4.08. The molecule has 0 aliphatic rings. The first kappa shape index (κ1) is 18.6. The summed E-state index contributed by atoms with van der Waals surface area (Å²) in [5, 5.41) is 3.48. The van der Waals surface area contributed by atoms with Gasteiger partial charge in [0, 0.05) is 28.8 Å². The van der Waals surface area contributed by atoms with Crippen LogP contribution in [0.4, 0.5) is 0 Å². The number of aromatic nitrogens is 2. The maximum absolute atomic E-state index is 12.5. The van der Waals surface area contributed by atoms with Gasteiger partial charge in [0.25, 0.3) is 11.5 Å². The van der Waals surface area contributed by atoms with Gasteiger partial charge in [-0.2, -0.15) is 0 Å². The molecule has 1 aromatic carbocycles. The van der Waals surface area contributed by atoms with Crippen molar-refractivity contribution in [2.75, 3.05) is 20.6 Å². The van der Waals surface area contributed by atoms with E-state index in [2.05, 4.69) is 10.3 Å². The van der Waals surface area contributed by atoms with Gasteiger partial charge in [-0.15, -0.1) is 11.3 Å². The minimum Gasteiger partial charge on any atom is -0.350 e. The van der Waals surface area contributed by atoms with Crippen LogP contribution >= 0.6 is 22.9 Å². The van der Waals surface area contributed by atoms with Crippen molar-refractivity contribution in [3.63, 3.8) is 0 Å². The molecule has 1 N–H and O–H groups in total. The molecule has 26 heavy (non-hydrogen) atoms. The van der Waals surface area contributed by atoms with Gasteiger partial charge in [0.15, 0.2) is 4.96 Å². The van der Waals surface area contributed by atoms with Crippen molar-refractivity contribution in [1.29, 1.82) is 0 Å². The minimum absolute atomic E-state index is 0.0314. The molecule has 1 unspecified atom stereocenters. The Morgan fingerprint density at radius 1 is 1.42 bits per heavy atom. The molecule has 0 bridgehead atoms. The third kappa shape index (κ3) is 3.80. The average Bonchev–Trinajstić information content (AvgIpc) is 2.96. The summed E-state index contributed by atoms with van der Waals surface area (Å²) in [6.45, 7) is 2.24. The average molecular weight is 391 g/mol. The molecule has 0 spiro atoms. The number of carbonyl (C=O) groups is 1. The van der Waals surface area contributed by atoms with E-state index in [0.717, 1.165) is 10.4 Å². The van der Waals surface area contributed by atoms with Crippen LogP contribution in [0.2, 0.25) is 5.02 Å². The first-order valence-corrected chi connectivity index (χ1v) is 9.24. The van der Waals surface area contributed by atoms with Crippen LogP contribution in [0.25, 0.3) is 4.96 Å². The van der Waals surface area contributed by atoms with Gasteiger partial charge in [-0.05, 0) is 38.7 Å². The number of benzene rings is 1. The molecule has 1 amide bonds. The maximum atomic E-state index is 12.5. The fourth-order valence-electron chi connectivity index (χ4n) is 2.75. The molecule has 136 valence electrons. The number of nitrogens with one attached hydrogen (secondary N) is 1. The molecule has 0 radical (unpaired) electrons. The van der Waals surface area contributed by atoms with Crippen LogP contribution in [-0.2, 0) is 0 Å². The van der Waals surface area contributed by atoms with Crippen molar-refractivity contribution in [2.45, 2.75) is 13.0 Å². The van der Waals surface area contributed by atoms with Crippen LogP contribution in [0.1, 0.15) is 26.8 Å². The zero-order valence-electron chi connectivity index (χ0n) is 14.7. The Morgan fingerprint density at radius 2 is 2.19 bits per heavy atom. The van der Waals surface area contributed by atoms with Crippen LogP contribution in [0, 0.1) is 6.92 Å². The standard InChI is InChI=1S/C18H19ClN4O2S/c1-11-10-23-17(25)14(8-21-18(23)26-11)16(24)20-9-15(22(2)3)12-5-4-6-13(19)7-12/h4-8,10,15H,9H2,1-3H3,(H,20,24). The summed E-state index contributed by atoms with van der Waals surface area (Å²) >= 11 is 7.48. The summed E-state index contributed by atoms with van der Waals surface area (Å²) in [4.78, 5) is 32.8. The van der Waals surface area contributed by atoms with Crippen LogP contribution in [0.15, 0.2) is 41.5 Å². The lowest BCUT2D eigenvalue weighted by molar-refractivity contribution is 0.0940. The van der Waals surface area contributed by atoms with Gasteiger partial charge in [0.2, 0.25) is 0 Å². The smallest absolute Gasteiger partial charge is 0.271 e. The molecule has 0 saturated carbocycles. The van der Waals surface area contributed by atoms with Crippen molar-refractivity contribution < 1.29 is 4.79 Å². The quantitative estimate of drug-likeness (QED) is 0.727. The normalized spacial score (nSPS) is 12.5. The van der Waals surface area contributed by atoms with Crippen LogP contribution < -0.4 is 10.9 Å². The van der Waals surface area contributed by atoms with E-state index in [1.807, 2.05) is 44.1 Å². The molecule has 3 rings (SSSR count). The van der Waals surface area contributed by atoms with Gasteiger partial charge in [-0.3, -0.25) is 14.0 Å². The Morgan fingerprint density at radius 3 is 2.88 bits per heavy atom. The van der Waals surface area contributed by atoms with Gasteiger partial charge in [0.1, 0.15) is 5.56 Å². The number of hydrogen-bond acceptors (Lipinski definition) is 5. The molecule has 2 heterocycles. The van der Waals surface area contributed by atoms with Crippen molar-refractivity contribution in [3.8, 4) is 0 Å². The van der Waals surface area contributed by atoms with E-state index >= 15 is 0 Å². The van der Waals surface area contributed by atoms with Gasteiger partial charge >= 0.3 is 0 Å². The predicted molar refractivity (Wildman–Crippen MR) is 104 cm³/mol. The number of amides is 1. The number of rotatable bonds is 5. The van der Waals surface area contributed by atoms with Crippen molar-refractivity contribution in [2.24, 2.45) is 0 Å². The molecular formula is C18H19ClN4O2S. The number of carbonyl (C=O) groups excluding carboxylic acids is 1. The molecule has 1 atom stereocenters. The first-order chi connectivity index (χ1) is 12.4. The lowest BCUT2D eigenvalue weighted by Crippen LogP contribution is -2.37. The van der Waals surface area contributed by atoms with E-state index in [-0.39, 0.29) is 17.2 Å². The topological polar surface area (TPSA) is 66.7 Å². The summed E-state index contributed by atoms with van der Waals surface area (Å²) in [5.74, 6) is -0.436. The monoisotopic (exact) mass is 390 g/mol. The Kier molecular flexibility index (Phi) is 5.41. The number of fused-ring (bicyclic) bond motifs is 1. The first-order valence-electron chi connectivity index (χ1n) is 8.04. The summed E-state index contributed by atoms with van der Waals surface area (Å²) in [6, 6.07) is 7.44. The van der Waals surface area contributed by atoms with E-state index < -0.39 is 5.91 Å². The Bertz CT molecular complexity index is 1010. The second-order valence-corrected chi connectivity index (χ2v) is 7.87. The molecule has 2 aromatic heterocycles. The summed E-state index contributed by atoms with van der Waals surface area (Å²) in [5.41, 5.74) is 0.659. The Hall–Kier alpha value is -2.22. The van der Waals surface area contributed by atoms with E-state index in [9.17, 15) is 9.59 Å². The van der Waals surface area contributed by atoms with Gasteiger partial charge in [-0.25, -0.2) is 4.98 Å². The maximum Gasteiger partial charge on any atom is 0.271 e. The van der Waals surface area contributed by atoms with Gasteiger partial charge in [0.05, 0.1) is 6.04 Å². The highest BCUT2D eigenvalue weighted by Gasteiger charge is 2.19. The van der Waals surface area contributed by atoms with Gasteiger partial charge < -0.3 is 10.2 Å². The van der Waals surface area contributed by atoms with Crippen LogP contribution in [-0.4, -0.2) is 40.8 Å². The number of likely N-dealkylation sites (N-methyl/N-ethyl adjacent to an activating group) is 1. The van der Waals surface area contributed by atoms with Crippen LogP contribution in [0.3, 0.4) is 0 Å². The summed E-state index contributed by atoms with van der Waals surface area (Å²) in [6.07, 6.45) is 3.04. The molecule has 0 aliphatic carbocycles. The molecule has 0 saturated heterocycles. The highest BCUT2D eigenvalue weighted by atomic mass is 35.5. The molecular weight excluding hydrogens is 372 g/mol. The number of aryl methyl sites for hydroxylation is 1. The number of nitrogens with zero attached hydrogens (tertiary/aromatic N) is 3. The SMILES string of the molecule is Cc1cn2c(=O)c(C(=O)NCC(c3cccc(Cl)c3)N(C)C)cnc2s1. The minimum atomic E-state index is -0.436. The number of halogens is 1. The zero-order valence-corrected chi connectivity index (χ0v) is 16.3. The second-order valence-electron chi connectivity index (χ2n) is 6.22. The summed E-state index contributed by atoms with van der Waals surface area (Å²) in [7, 11) is 3.85. The van der Waals surface area contributed by atoms with E-state index in [1.54, 1.807) is 12.3 Å². The largest absolute Gasteiger partial charge is 0.350 e. The van der Waals surface area contributed by atoms with E-state index in [4.69, 9.17) is 11.6 Å². The lowest BCUT2D eigenvalue weighted by atomic mass is 10.1.